The van der Waals surface area contributed by atoms with Crippen LogP contribution in [0.5, 0.6) is 5.75 Å². The van der Waals surface area contributed by atoms with E-state index in [0.717, 1.165) is 35.4 Å². The molecule has 2 aliphatic rings. The molecular formula is C32H35Cl3F2N4O4S. The first-order chi connectivity index (χ1) is 21.8. The van der Waals surface area contributed by atoms with E-state index in [2.05, 4.69) is 10.3 Å². The maximum Gasteiger partial charge on any atom is 0.407 e. The van der Waals surface area contributed by atoms with Crippen LogP contribution in [0.4, 0.5) is 18.7 Å². The van der Waals surface area contributed by atoms with Crippen LogP contribution in [0.25, 0.3) is 0 Å². The zero-order valence-electron chi connectivity index (χ0n) is 25.6. The molecule has 2 amide bonds. The summed E-state index contributed by atoms with van der Waals surface area (Å²) in [6, 6.07) is 7.64. The number of hydrogen-bond donors (Lipinski definition) is 1. The second-order valence-electron chi connectivity index (χ2n) is 12.5. The molecule has 0 spiro atoms. The van der Waals surface area contributed by atoms with Gasteiger partial charge in [0, 0.05) is 43.2 Å². The lowest BCUT2D eigenvalue weighted by atomic mass is 10.0. The lowest BCUT2D eigenvalue weighted by Gasteiger charge is -2.28. The fraction of sp³-hybridized carbons (Fsp3) is 0.469. The molecule has 1 saturated carbocycles. The molecule has 2 atom stereocenters. The molecule has 1 N–H and O–H groups in total. The third-order valence-electron chi connectivity index (χ3n) is 7.57. The Morgan fingerprint density at radius 3 is 2.61 bits per heavy atom. The quantitative estimate of drug-likeness (QED) is 0.203. The summed E-state index contributed by atoms with van der Waals surface area (Å²) in [6.07, 6.45) is 3.25. The van der Waals surface area contributed by atoms with Gasteiger partial charge in [-0.3, -0.25) is 4.79 Å². The highest BCUT2D eigenvalue weighted by atomic mass is 35.5. The van der Waals surface area contributed by atoms with Crippen molar-refractivity contribution in [2.45, 2.75) is 70.7 Å². The number of anilines is 1. The Labute approximate surface area is 285 Å². The number of aromatic nitrogens is 1. The molecule has 46 heavy (non-hydrogen) atoms. The first kappa shape index (κ1) is 34.5. The third kappa shape index (κ3) is 8.73. The van der Waals surface area contributed by atoms with Crippen LogP contribution in [0.15, 0.2) is 36.5 Å². The van der Waals surface area contributed by atoms with Gasteiger partial charge < -0.3 is 24.6 Å². The molecule has 2 heterocycles. The summed E-state index contributed by atoms with van der Waals surface area (Å²) < 4.78 is 39.7. The highest BCUT2D eigenvalue weighted by Crippen LogP contribution is 2.35. The van der Waals surface area contributed by atoms with E-state index in [1.807, 2.05) is 15.9 Å². The third-order valence-corrected chi connectivity index (χ3v) is 9.81. The van der Waals surface area contributed by atoms with Gasteiger partial charge in [0.1, 0.15) is 11.7 Å². The monoisotopic (exact) mass is 714 g/mol. The number of thiazole rings is 1. The van der Waals surface area contributed by atoms with E-state index in [-0.39, 0.29) is 23.5 Å². The van der Waals surface area contributed by atoms with Gasteiger partial charge in [0.05, 0.1) is 27.5 Å². The number of carbonyl (C=O) groups is 2. The number of halogens is 5. The first-order valence-corrected chi connectivity index (χ1v) is 16.9. The van der Waals surface area contributed by atoms with Gasteiger partial charge in [-0.15, -0.1) is 11.3 Å². The molecule has 8 nitrogen and oxygen atoms in total. The fourth-order valence-electron chi connectivity index (χ4n) is 5.19. The highest BCUT2D eigenvalue weighted by molar-refractivity contribution is 7.15. The Bertz CT molecular complexity index is 1580. The number of nitrogens with one attached hydrogen (secondary N) is 1. The van der Waals surface area contributed by atoms with Gasteiger partial charge in [0.25, 0.3) is 0 Å². The Hall–Kier alpha value is -2.86. The average Bonchev–Trinajstić information content (AvgIpc) is 3.54. The molecule has 1 aliphatic carbocycles. The number of amides is 2. The lowest BCUT2D eigenvalue weighted by molar-refractivity contribution is -0.136. The normalized spacial score (nSPS) is 17.1. The second-order valence-corrected chi connectivity index (χ2v) is 14.7. The number of alkyl carbamates (subject to hydrolysis) is 1. The topological polar surface area (TPSA) is 84.0 Å². The minimum absolute atomic E-state index is 0.0594. The van der Waals surface area contributed by atoms with Crippen molar-refractivity contribution in [1.29, 1.82) is 0 Å². The van der Waals surface area contributed by atoms with Gasteiger partial charge in [-0.25, -0.2) is 18.6 Å². The minimum atomic E-state index is -0.926. The molecule has 1 saturated heterocycles. The standard InChI is InChI=1S/C32H35Cl3F2N4O4S/c1-32(2,3)45-31(43)39-14-19(29(42)41(20-7-8-20)16-18-5-4-6-23(33)26(18)35)13-22-15-38-30(46-22)40-12-11-21(17-40)44-28-25(36)10-9-24(34)27(28)37/h4-6,9-10,15,19-21H,7-8,11-14,16-17H2,1-3H3,(H,39,43)/t19-,21+/m0/s1. The van der Waals surface area contributed by atoms with Crippen LogP contribution in [-0.2, 0) is 22.5 Å². The Morgan fingerprint density at radius 1 is 1.13 bits per heavy atom. The van der Waals surface area contributed by atoms with Crippen LogP contribution in [0.1, 0.15) is 50.5 Å². The van der Waals surface area contributed by atoms with E-state index >= 15 is 0 Å². The zero-order chi connectivity index (χ0) is 33.2. The van der Waals surface area contributed by atoms with Gasteiger partial charge in [-0.1, -0.05) is 46.9 Å². The highest BCUT2D eigenvalue weighted by Gasteiger charge is 2.37. The number of carbonyl (C=O) groups excluding carboxylic acids is 2. The molecule has 14 heteroatoms. The van der Waals surface area contributed by atoms with E-state index < -0.39 is 41.1 Å². The molecule has 2 fully saturated rings. The van der Waals surface area contributed by atoms with Crippen molar-refractivity contribution in [2.24, 2.45) is 5.92 Å². The molecule has 0 bridgehead atoms. The number of ether oxygens (including phenoxy) is 2. The van der Waals surface area contributed by atoms with Crippen molar-refractivity contribution in [3.05, 3.63) is 73.7 Å². The maximum atomic E-state index is 14.4. The van der Waals surface area contributed by atoms with Crippen molar-refractivity contribution in [3.8, 4) is 5.75 Å². The Morgan fingerprint density at radius 2 is 1.89 bits per heavy atom. The van der Waals surface area contributed by atoms with E-state index in [4.69, 9.17) is 44.3 Å². The zero-order valence-corrected chi connectivity index (χ0v) is 28.7. The van der Waals surface area contributed by atoms with Crippen molar-refractivity contribution < 1.29 is 27.8 Å². The van der Waals surface area contributed by atoms with E-state index in [1.54, 1.807) is 39.1 Å². The van der Waals surface area contributed by atoms with Crippen LogP contribution in [-0.4, -0.2) is 59.3 Å². The minimum Gasteiger partial charge on any atom is -0.482 e. The molecule has 5 rings (SSSR count). The molecule has 2 aromatic carbocycles. The summed E-state index contributed by atoms with van der Waals surface area (Å²) >= 11 is 20.0. The smallest absolute Gasteiger partial charge is 0.407 e. The Kier molecular flexibility index (Phi) is 10.9. The second kappa shape index (κ2) is 14.5. The molecule has 3 aromatic rings. The average molecular weight is 716 g/mol. The van der Waals surface area contributed by atoms with Gasteiger partial charge in [0.2, 0.25) is 5.91 Å². The molecular weight excluding hydrogens is 681 g/mol. The summed E-state index contributed by atoms with van der Waals surface area (Å²) in [5, 5.41) is 4.09. The number of benzene rings is 2. The Balaban J connectivity index is 1.29. The number of rotatable bonds is 11. The van der Waals surface area contributed by atoms with Crippen molar-refractivity contribution >= 4 is 63.3 Å². The van der Waals surface area contributed by atoms with E-state index in [1.165, 1.54) is 11.3 Å². The maximum absolute atomic E-state index is 14.4. The van der Waals surface area contributed by atoms with Crippen LogP contribution in [0.2, 0.25) is 15.1 Å². The predicted octanol–water partition coefficient (Wildman–Crippen LogP) is 7.91. The van der Waals surface area contributed by atoms with Crippen molar-refractivity contribution in [3.63, 3.8) is 0 Å². The van der Waals surface area contributed by atoms with Crippen LogP contribution >= 0.6 is 46.1 Å². The molecule has 0 radical (unpaired) electrons. The number of hydrogen-bond acceptors (Lipinski definition) is 7. The molecule has 1 aromatic heterocycles. The van der Waals surface area contributed by atoms with Crippen LogP contribution in [0.3, 0.4) is 0 Å². The summed E-state index contributed by atoms with van der Waals surface area (Å²) in [5.74, 6) is -2.96. The number of nitrogens with zero attached hydrogens (tertiary/aromatic N) is 3. The molecule has 0 unspecified atom stereocenters. The summed E-state index contributed by atoms with van der Waals surface area (Å²) in [5.41, 5.74) is 0.0536. The molecule has 1 aliphatic heterocycles. The van der Waals surface area contributed by atoms with Crippen molar-refractivity contribution in [2.75, 3.05) is 24.5 Å². The van der Waals surface area contributed by atoms with Crippen molar-refractivity contribution in [1.82, 2.24) is 15.2 Å². The van der Waals surface area contributed by atoms with Gasteiger partial charge in [0.15, 0.2) is 22.5 Å². The van der Waals surface area contributed by atoms with E-state index in [0.29, 0.717) is 47.7 Å². The van der Waals surface area contributed by atoms with Crippen LogP contribution in [0, 0.1) is 17.6 Å². The van der Waals surface area contributed by atoms with Crippen LogP contribution < -0.4 is 15.0 Å². The summed E-state index contributed by atoms with van der Waals surface area (Å²) in [7, 11) is 0. The van der Waals surface area contributed by atoms with E-state index in [9.17, 15) is 18.4 Å². The fourth-order valence-corrected chi connectivity index (χ4v) is 6.74. The largest absolute Gasteiger partial charge is 0.482 e. The first-order valence-electron chi connectivity index (χ1n) is 15.0. The molecule has 248 valence electrons. The SMILES string of the molecule is CC(C)(C)OC(=O)NC[C@H](Cc1cnc(N2CC[C@@H](Oc3c(F)ccc(Cl)c3F)C2)s1)C(=O)N(Cc1cccc(Cl)c1Cl)C1CC1. The van der Waals surface area contributed by atoms with Gasteiger partial charge >= 0.3 is 6.09 Å². The van der Waals surface area contributed by atoms with Gasteiger partial charge in [-0.2, -0.15) is 0 Å². The summed E-state index contributed by atoms with van der Waals surface area (Å²) in [6.45, 7) is 6.61. The predicted molar refractivity (Wildman–Crippen MR) is 176 cm³/mol. The van der Waals surface area contributed by atoms with Gasteiger partial charge in [-0.05, 0) is 63.8 Å². The lowest BCUT2D eigenvalue weighted by Crippen LogP contribution is -2.44. The summed E-state index contributed by atoms with van der Waals surface area (Å²) in [4.78, 5) is 35.9.